The van der Waals surface area contributed by atoms with Crippen molar-refractivity contribution in [2.45, 2.75) is 44.8 Å². The van der Waals surface area contributed by atoms with Gasteiger partial charge in [-0.1, -0.05) is 19.1 Å². The fourth-order valence-electron chi connectivity index (χ4n) is 3.63. The Bertz CT molecular complexity index is 598. The fraction of sp³-hybridized carbons (Fsp3) is 0.600. The molecule has 0 radical (unpaired) electrons. The number of esters is 1. The van der Waals surface area contributed by atoms with Gasteiger partial charge in [0.15, 0.2) is 0 Å². The zero-order chi connectivity index (χ0) is 19.1. The molecule has 1 N–H and O–H groups in total. The second kappa shape index (κ2) is 9.78. The molecule has 1 aliphatic rings. The van der Waals surface area contributed by atoms with E-state index in [0.717, 1.165) is 24.9 Å². The maximum atomic E-state index is 13.1. The second-order valence-electron chi connectivity index (χ2n) is 6.91. The number of hydrogen-bond donors (Lipinski definition) is 1. The van der Waals surface area contributed by atoms with Gasteiger partial charge in [0, 0.05) is 25.5 Å². The molecule has 1 heterocycles. The summed E-state index contributed by atoms with van der Waals surface area (Å²) < 4.78 is 23.5. The third-order valence-electron chi connectivity index (χ3n) is 5.15. The zero-order valence-electron chi connectivity index (χ0n) is 15.7. The Labute approximate surface area is 154 Å². The van der Waals surface area contributed by atoms with Gasteiger partial charge in [0.05, 0.1) is 19.1 Å². The number of rotatable bonds is 9. The second-order valence-corrected chi connectivity index (χ2v) is 6.91. The van der Waals surface area contributed by atoms with Crippen molar-refractivity contribution in [2.75, 3.05) is 20.8 Å². The van der Waals surface area contributed by atoms with Crippen molar-refractivity contribution in [3.8, 4) is 0 Å². The molecular formula is C20H28FNO4. The van der Waals surface area contributed by atoms with Crippen LogP contribution < -0.4 is 5.32 Å². The molecular weight excluding hydrogens is 337 g/mol. The van der Waals surface area contributed by atoms with E-state index in [0.29, 0.717) is 6.42 Å². The quantitative estimate of drug-likeness (QED) is 0.681. The predicted octanol–water partition coefficient (Wildman–Crippen LogP) is 2.52. The number of methoxy groups -OCH3 is 2. The molecule has 1 saturated heterocycles. The number of nitrogens with one attached hydrogen (secondary N) is 1. The van der Waals surface area contributed by atoms with Crippen molar-refractivity contribution < 1.29 is 23.5 Å². The Morgan fingerprint density at radius 1 is 1.27 bits per heavy atom. The number of ketones is 1. The molecule has 1 aliphatic heterocycles. The summed E-state index contributed by atoms with van der Waals surface area (Å²) >= 11 is 0. The molecule has 4 atom stereocenters. The molecule has 5 nitrogen and oxygen atoms in total. The van der Waals surface area contributed by atoms with Gasteiger partial charge < -0.3 is 14.8 Å². The summed E-state index contributed by atoms with van der Waals surface area (Å²) in [7, 11) is 2.93. The van der Waals surface area contributed by atoms with Crippen LogP contribution in [0, 0.1) is 17.7 Å². The minimum absolute atomic E-state index is 0.0249. The lowest BCUT2D eigenvalue weighted by atomic mass is 9.86. The van der Waals surface area contributed by atoms with Crippen LogP contribution in [0.4, 0.5) is 4.39 Å². The van der Waals surface area contributed by atoms with Gasteiger partial charge in [0.2, 0.25) is 0 Å². The number of carbonyl (C=O) groups excluding carboxylic acids is 2. The van der Waals surface area contributed by atoms with Crippen LogP contribution in [0.1, 0.15) is 31.7 Å². The lowest BCUT2D eigenvalue weighted by molar-refractivity contribution is -0.148. The van der Waals surface area contributed by atoms with E-state index in [9.17, 15) is 14.0 Å². The Hall–Kier alpha value is -1.79. The fourth-order valence-corrected chi connectivity index (χ4v) is 3.63. The Balaban J connectivity index is 2.04. The topological polar surface area (TPSA) is 64.6 Å². The Kier molecular flexibility index (Phi) is 7.72. The molecule has 1 fully saturated rings. The highest BCUT2D eigenvalue weighted by molar-refractivity contribution is 5.86. The molecule has 1 aromatic carbocycles. The molecule has 0 spiro atoms. The molecule has 0 amide bonds. The summed E-state index contributed by atoms with van der Waals surface area (Å²) in [5.74, 6) is -1.70. The van der Waals surface area contributed by atoms with E-state index in [1.807, 2.05) is 6.92 Å². The van der Waals surface area contributed by atoms with Crippen LogP contribution in [0.5, 0.6) is 0 Å². The van der Waals surface area contributed by atoms with Gasteiger partial charge in [-0.2, -0.15) is 0 Å². The highest BCUT2D eigenvalue weighted by Crippen LogP contribution is 2.23. The van der Waals surface area contributed by atoms with Gasteiger partial charge in [-0.05, 0) is 43.5 Å². The highest BCUT2D eigenvalue weighted by Gasteiger charge is 2.34. The zero-order valence-corrected chi connectivity index (χ0v) is 15.7. The maximum Gasteiger partial charge on any atom is 0.309 e. The van der Waals surface area contributed by atoms with Crippen molar-refractivity contribution in [2.24, 2.45) is 11.8 Å². The maximum absolute atomic E-state index is 13.1. The first-order valence-corrected chi connectivity index (χ1v) is 9.07. The number of hydrogen-bond acceptors (Lipinski definition) is 5. The third kappa shape index (κ3) is 5.35. The van der Waals surface area contributed by atoms with Crippen LogP contribution in [0.2, 0.25) is 0 Å². The van der Waals surface area contributed by atoms with E-state index >= 15 is 0 Å². The summed E-state index contributed by atoms with van der Waals surface area (Å²) in [4.78, 5) is 24.9. The van der Waals surface area contributed by atoms with E-state index in [1.54, 1.807) is 19.2 Å². The van der Waals surface area contributed by atoms with Crippen molar-refractivity contribution in [1.29, 1.82) is 0 Å². The number of ether oxygens (including phenoxy) is 2. The molecule has 2 rings (SSSR count). The van der Waals surface area contributed by atoms with Crippen molar-refractivity contribution in [3.63, 3.8) is 0 Å². The van der Waals surface area contributed by atoms with Crippen LogP contribution >= 0.6 is 0 Å². The SMILES string of the molecule is COC(=O)[C@@H](CC(=O)[C@H](C)[C@@H](OC)[C@@H]1CCCN1)Cc1ccc(F)cc1. The molecule has 0 aromatic heterocycles. The van der Waals surface area contributed by atoms with Gasteiger partial charge >= 0.3 is 5.97 Å². The summed E-state index contributed by atoms with van der Waals surface area (Å²) in [6.45, 7) is 2.78. The van der Waals surface area contributed by atoms with Crippen LogP contribution in [-0.2, 0) is 25.5 Å². The van der Waals surface area contributed by atoms with Crippen LogP contribution in [0.15, 0.2) is 24.3 Å². The standard InChI is InChI=1S/C20H28FNO4/c1-13(19(25-2)17-5-4-10-22-17)18(23)12-15(20(24)26-3)11-14-6-8-16(21)9-7-14/h6-9,13,15,17,19,22H,4-5,10-12H2,1-3H3/t13-,15+,17-,19+/m0/s1. The van der Waals surface area contributed by atoms with Gasteiger partial charge in [0.1, 0.15) is 11.6 Å². The number of carbonyl (C=O) groups is 2. The van der Waals surface area contributed by atoms with E-state index < -0.39 is 11.9 Å². The highest BCUT2D eigenvalue weighted by atomic mass is 19.1. The molecule has 0 aliphatic carbocycles. The minimum Gasteiger partial charge on any atom is -0.469 e. The van der Waals surface area contributed by atoms with E-state index in [2.05, 4.69) is 5.32 Å². The van der Waals surface area contributed by atoms with Gasteiger partial charge in [-0.3, -0.25) is 9.59 Å². The first-order valence-electron chi connectivity index (χ1n) is 9.07. The summed E-state index contributed by atoms with van der Waals surface area (Å²) in [6, 6.07) is 6.11. The van der Waals surface area contributed by atoms with E-state index in [1.165, 1.54) is 19.2 Å². The largest absolute Gasteiger partial charge is 0.469 e. The molecule has 6 heteroatoms. The number of halogens is 1. The molecule has 144 valence electrons. The molecule has 0 saturated carbocycles. The normalized spacial score (nSPS) is 20.4. The average Bonchev–Trinajstić information content (AvgIpc) is 3.17. The molecule has 1 aromatic rings. The first-order chi connectivity index (χ1) is 12.5. The summed E-state index contributed by atoms with van der Waals surface area (Å²) in [5.41, 5.74) is 0.794. The van der Waals surface area contributed by atoms with Crippen molar-refractivity contribution in [3.05, 3.63) is 35.6 Å². The van der Waals surface area contributed by atoms with Gasteiger partial charge in [0.25, 0.3) is 0 Å². The van der Waals surface area contributed by atoms with Crippen molar-refractivity contribution >= 4 is 11.8 Å². The predicted molar refractivity (Wildman–Crippen MR) is 96.2 cm³/mol. The Morgan fingerprint density at radius 2 is 1.96 bits per heavy atom. The number of Topliss-reactive ketones (excluding diaryl/α,β-unsaturated/α-hetero) is 1. The van der Waals surface area contributed by atoms with Gasteiger partial charge in [-0.25, -0.2) is 4.39 Å². The lowest BCUT2D eigenvalue weighted by Gasteiger charge is -2.28. The monoisotopic (exact) mass is 365 g/mol. The summed E-state index contributed by atoms with van der Waals surface area (Å²) in [5, 5.41) is 3.37. The van der Waals surface area contributed by atoms with E-state index in [4.69, 9.17) is 9.47 Å². The van der Waals surface area contributed by atoms with Gasteiger partial charge in [-0.15, -0.1) is 0 Å². The Morgan fingerprint density at radius 3 is 2.50 bits per heavy atom. The average molecular weight is 365 g/mol. The van der Waals surface area contributed by atoms with Crippen LogP contribution in [0.3, 0.4) is 0 Å². The smallest absolute Gasteiger partial charge is 0.309 e. The molecule has 26 heavy (non-hydrogen) atoms. The van der Waals surface area contributed by atoms with Crippen LogP contribution in [0.25, 0.3) is 0 Å². The lowest BCUT2D eigenvalue weighted by Crippen LogP contribution is -2.43. The summed E-state index contributed by atoms with van der Waals surface area (Å²) in [6.07, 6.45) is 2.25. The third-order valence-corrected chi connectivity index (χ3v) is 5.15. The number of benzene rings is 1. The van der Waals surface area contributed by atoms with E-state index in [-0.39, 0.29) is 36.1 Å². The van der Waals surface area contributed by atoms with Crippen molar-refractivity contribution in [1.82, 2.24) is 5.32 Å². The first kappa shape index (κ1) is 20.5. The molecule has 0 unspecified atom stereocenters. The molecule has 0 bridgehead atoms. The minimum atomic E-state index is -0.588. The van der Waals surface area contributed by atoms with Crippen LogP contribution in [-0.4, -0.2) is 44.7 Å².